The highest BCUT2D eigenvalue weighted by atomic mass is 79.9. The molecule has 2 aromatic carbocycles. The van der Waals surface area contributed by atoms with Gasteiger partial charge in [-0.1, -0.05) is 33.6 Å². The Hall–Kier alpha value is -1.93. The van der Waals surface area contributed by atoms with Crippen molar-refractivity contribution in [2.24, 2.45) is 0 Å². The predicted molar refractivity (Wildman–Crippen MR) is 86.2 cm³/mol. The number of nitro groups is 1. The van der Waals surface area contributed by atoms with Crippen molar-refractivity contribution in [3.05, 3.63) is 61.6 Å². The van der Waals surface area contributed by atoms with E-state index in [-0.39, 0.29) is 23.7 Å². The molecule has 2 rings (SSSR count). The van der Waals surface area contributed by atoms with E-state index >= 15 is 0 Å². The zero-order valence-corrected chi connectivity index (χ0v) is 13.8. The van der Waals surface area contributed by atoms with Crippen LogP contribution in [0.2, 0.25) is 5.02 Å². The van der Waals surface area contributed by atoms with Crippen LogP contribution in [0.15, 0.2) is 40.9 Å². The van der Waals surface area contributed by atoms with E-state index in [2.05, 4.69) is 26.0 Å². The van der Waals surface area contributed by atoms with E-state index in [0.717, 1.165) is 0 Å². The van der Waals surface area contributed by atoms with E-state index in [1.807, 2.05) is 0 Å². The van der Waals surface area contributed by atoms with Crippen LogP contribution in [0.25, 0.3) is 0 Å². The number of hydrogen-bond donors (Lipinski definition) is 1. The molecule has 0 radical (unpaired) electrons. The number of nitro benzene ring substituents is 1. The molecule has 23 heavy (non-hydrogen) atoms. The van der Waals surface area contributed by atoms with Crippen LogP contribution in [0.3, 0.4) is 0 Å². The fourth-order valence-corrected chi connectivity index (χ4v) is 2.57. The maximum atomic E-state index is 12.5. The summed E-state index contributed by atoms with van der Waals surface area (Å²) in [6, 6.07) is 8.65. The van der Waals surface area contributed by atoms with Gasteiger partial charge >= 0.3 is 6.61 Å². The second-order valence-electron chi connectivity index (χ2n) is 4.37. The Morgan fingerprint density at radius 1 is 1.35 bits per heavy atom. The van der Waals surface area contributed by atoms with Gasteiger partial charge in [-0.25, -0.2) is 0 Å². The lowest BCUT2D eigenvalue weighted by molar-refractivity contribution is -0.384. The topological polar surface area (TPSA) is 64.4 Å². The fourth-order valence-electron chi connectivity index (χ4n) is 1.91. The van der Waals surface area contributed by atoms with Crippen molar-refractivity contribution in [1.82, 2.24) is 0 Å². The minimum Gasteiger partial charge on any atom is -0.434 e. The van der Waals surface area contributed by atoms with Crippen molar-refractivity contribution in [2.45, 2.75) is 13.2 Å². The first-order valence-electron chi connectivity index (χ1n) is 6.28. The van der Waals surface area contributed by atoms with Gasteiger partial charge in [0.2, 0.25) is 0 Å². The zero-order chi connectivity index (χ0) is 17.0. The normalized spacial score (nSPS) is 10.7. The number of rotatable bonds is 6. The number of ether oxygens (including phenoxy) is 1. The van der Waals surface area contributed by atoms with Gasteiger partial charge in [-0.2, -0.15) is 8.78 Å². The Morgan fingerprint density at radius 2 is 2.09 bits per heavy atom. The van der Waals surface area contributed by atoms with E-state index < -0.39 is 11.5 Å². The van der Waals surface area contributed by atoms with Gasteiger partial charge in [0.25, 0.3) is 5.69 Å². The molecule has 2 aromatic rings. The van der Waals surface area contributed by atoms with Crippen LogP contribution in [0, 0.1) is 10.1 Å². The van der Waals surface area contributed by atoms with Gasteiger partial charge in [0.1, 0.15) is 11.4 Å². The highest BCUT2D eigenvalue weighted by Gasteiger charge is 2.16. The zero-order valence-electron chi connectivity index (χ0n) is 11.4. The molecule has 0 unspecified atom stereocenters. The Bertz CT molecular complexity index is 731. The molecule has 0 spiro atoms. The number of anilines is 1. The highest BCUT2D eigenvalue weighted by Crippen LogP contribution is 2.32. The Labute approximate surface area is 143 Å². The van der Waals surface area contributed by atoms with Gasteiger partial charge in [-0.05, 0) is 24.3 Å². The highest BCUT2D eigenvalue weighted by molar-refractivity contribution is 9.10. The van der Waals surface area contributed by atoms with Crippen LogP contribution < -0.4 is 10.1 Å². The molecule has 0 aromatic heterocycles. The standard InChI is InChI=1S/C14H10BrClF2N2O3/c15-10-2-1-3-13(23-14(17)18)9(10)7-19-11-6-8(16)4-5-12(11)20(21)22/h1-6,14,19H,7H2. The van der Waals surface area contributed by atoms with Crippen LogP contribution in [0.5, 0.6) is 5.75 Å². The average molecular weight is 408 g/mol. The summed E-state index contributed by atoms with van der Waals surface area (Å²) in [5, 5.41) is 14.2. The molecule has 122 valence electrons. The number of hydrogen-bond acceptors (Lipinski definition) is 4. The lowest BCUT2D eigenvalue weighted by Crippen LogP contribution is -2.08. The number of nitrogens with one attached hydrogen (secondary N) is 1. The maximum absolute atomic E-state index is 12.5. The molecule has 0 fully saturated rings. The van der Waals surface area contributed by atoms with Gasteiger partial charge in [-0.3, -0.25) is 10.1 Å². The summed E-state index contributed by atoms with van der Waals surface area (Å²) in [5.41, 5.74) is 0.418. The van der Waals surface area contributed by atoms with E-state index in [9.17, 15) is 18.9 Å². The molecule has 9 heteroatoms. The number of nitrogens with zero attached hydrogens (tertiary/aromatic N) is 1. The molecule has 0 aliphatic heterocycles. The molecule has 0 atom stereocenters. The summed E-state index contributed by atoms with van der Waals surface area (Å²) in [7, 11) is 0. The van der Waals surface area contributed by atoms with E-state index in [1.54, 1.807) is 12.1 Å². The summed E-state index contributed by atoms with van der Waals surface area (Å²) < 4.78 is 29.9. The lowest BCUT2D eigenvalue weighted by atomic mass is 10.2. The molecule has 0 bridgehead atoms. The lowest BCUT2D eigenvalue weighted by Gasteiger charge is -2.14. The smallest absolute Gasteiger partial charge is 0.387 e. The van der Waals surface area contributed by atoms with Crippen LogP contribution in [-0.4, -0.2) is 11.5 Å². The number of benzene rings is 2. The number of halogens is 4. The molecular formula is C14H10BrClF2N2O3. The minimum atomic E-state index is -2.97. The van der Waals surface area contributed by atoms with Crippen LogP contribution in [-0.2, 0) is 6.54 Å². The van der Waals surface area contributed by atoms with Crippen molar-refractivity contribution in [3.63, 3.8) is 0 Å². The fraction of sp³-hybridized carbons (Fsp3) is 0.143. The van der Waals surface area contributed by atoms with Crippen molar-refractivity contribution < 1.29 is 18.4 Å². The Balaban J connectivity index is 2.28. The molecule has 5 nitrogen and oxygen atoms in total. The van der Waals surface area contributed by atoms with Crippen molar-refractivity contribution in [1.29, 1.82) is 0 Å². The predicted octanol–water partition coefficient (Wildman–Crippen LogP) is 5.22. The molecule has 0 saturated carbocycles. The third-order valence-corrected chi connectivity index (χ3v) is 3.88. The summed E-state index contributed by atoms with van der Waals surface area (Å²) in [6.45, 7) is -2.94. The van der Waals surface area contributed by atoms with Crippen molar-refractivity contribution in [2.75, 3.05) is 5.32 Å². The SMILES string of the molecule is O=[N+]([O-])c1ccc(Cl)cc1NCc1c(Br)cccc1OC(F)F. The largest absolute Gasteiger partial charge is 0.434 e. The molecule has 0 saturated heterocycles. The summed E-state index contributed by atoms with van der Waals surface area (Å²) in [6.07, 6.45) is 0. The first-order valence-corrected chi connectivity index (χ1v) is 7.45. The van der Waals surface area contributed by atoms with E-state index in [0.29, 0.717) is 15.1 Å². The Morgan fingerprint density at radius 3 is 2.74 bits per heavy atom. The van der Waals surface area contributed by atoms with Crippen LogP contribution in [0.1, 0.15) is 5.56 Å². The maximum Gasteiger partial charge on any atom is 0.387 e. The van der Waals surface area contributed by atoms with Gasteiger partial charge in [0.15, 0.2) is 0 Å². The van der Waals surface area contributed by atoms with E-state index in [1.165, 1.54) is 24.3 Å². The van der Waals surface area contributed by atoms with Gasteiger partial charge in [0, 0.05) is 27.7 Å². The quantitative estimate of drug-likeness (QED) is 0.526. The summed E-state index contributed by atoms with van der Waals surface area (Å²) in [4.78, 5) is 10.5. The number of alkyl halides is 2. The third kappa shape index (κ3) is 4.52. The minimum absolute atomic E-state index is 0.0217. The molecule has 0 aliphatic carbocycles. The first kappa shape index (κ1) is 17.4. The first-order chi connectivity index (χ1) is 10.9. The second kappa shape index (κ2) is 7.56. The van der Waals surface area contributed by atoms with Crippen LogP contribution in [0.4, 0.5) is 20.2 Å². The van der Waals surface area contributed by atoms with Crippen molar-refractivity contribution >= 4 is 38.9 Å². The average Bonchev–Trinajstić information content (AvgIpc) is 2.45. The molecule has 0 heterocycles. The van der Waals surface area contributed by atoms with Gasteiger partial charge < -0.3 is 10.1 Å². The third-order valence-electron chi connectivity index (χ3n) is 2.90. The Kier molecular flexibility index (Phi) is 5.73. The van der Waals surface area contributed by atoms with Gasteiger partial charge in [-0.15, -0.1) is 0 Å². The van der Waals surface area contributed by atoms with Crippen molar-refractivity contribution in [3.8, 4) is 5.75 Å². The second-order valence-corrected chi connectivity index (χ2v) is 5.66. The monoisotopic (exact) mass is 406 g/mol. The molecular weight excluding hydrogens is 398 g/mol. The van der Waals surface area contributed by atoms with Crippen LogP contribution >= 0.6 is 27.5 Å². The molecule has 0 aliphatic rings. The van der Waals surface area contributed by atoms with E-state index in [4.69, 9.17) is 11.6 Å². The van der Waals surface area contributed by atoms with Gasteiger partial charge in [0.05, 0.1) is 4.92 Å². The summed E-state index contributed by atoms with van der Waals surface area (Å²) >= 11 is 9.09. The summed E-state index contributed by atoms with van der Waals surface area (Å²) in [5.74, 6) is -0.0217. The molecule has 1 N–H and O–H groups in total. The molecule has 0 amide bonds.